The van der Waals surface area contributed by atoms with Gasteiger partial charge in [0.15, 0.2) is 11.0 Å². The molecule has 0 amide bonds. The number of benzene rings is 1. The van der Waals surface area contributed by atoms with Crippen LogP contribution in [0.3, 0.4) is 0 Å². The Morgan fingerprint density at radius 3 is 2.67 bits per heavy atom. The van der Waals surface area contributed by atoms with Crippen LogP contribution in [0.25, 0.3) is 0 Å². The molecule has 1 atom stereocenters. The van der Waals surface area contributed by atoms with Crippen LogP contribution in [0.1, 0.15) is 0 Å². The summed E-state index contributed by atoms with van der Waals surface area (Å²) in [7, 11) is 0.0987. The minimum absolute atomic E-state index is 0.404. The maximum absolute atomic E-state index is 12.0. The van der Waals surface area contributed by atoms with Crippen molar-refractivity contribution in [2.45, 2.75) is 4.90 Å². The van der Waals surface area contributed by atoms with E-state index in [0.29, 0.717) is 22.3 Å². The molecule has 2 rings (SSSR count). The Labute approximate surface area is 107 Å². The summed E-state index contributed by atoms with van der Waals surface area (Å²) in [6, 6.07) is 8.33. The summed E-state index contributed by atoms with van der Waals surface area (Å²) in [6.07, 6.45) is 1.33. The first-order valence-electron chi connectivity index (χ1n) is 5.09. The summed E-state index contributed by atoms with van der Waals surface area (Å²) in [5, 5.41) is 0. The van der Waals surface area contributed by atoms with Crippen LogP contribution in [0.2, 0.25) is 0 Å². The van der Waals surface area contributed by atoms with Gasteiger partial charge in [0.2, 0.25) is 5.88 Å². The third-order valence-electron chi connectivity index (χ3n) is 2.14. The number of nitrogen functional groups attached to an aromatic ring is 1. The van der Waals surface area contributed by atoms with Crippen LogP contribution in [-0.4, -0.2) is 21.3 Å². The molecule has 1 aromatic carbocycles. The van der Waals surface area contributed by atoms with Crippen molar-refractivity contribution in [3.63, 3.8) is 0 Å². The zero-order valence-electron chi connectivity index (χ0n) is 9.66. The average molecular weight is 264 g/mol. The van der Waals surface area contributed by atoms with Crippen molar-refractivity contribution >= 4 is 22.5 Å². The topological polar surface area (TPSA) is 90.1 Å². The predicted octanol–water partition coefficient (Wildman–Crippen LogP) is 1.20. The summed E-state index contributed by atoms with van der Waals surface area (Å²) in [5.74, 6) is 0.832. The SMILES string of the molecule is COc1cc(NS(=O)c2ccc(N)cc2)ncn1. The number of rotatable bonds is 4. The standard InChI is InChI=1S/C11H12N4O2S/c1-17-11-6-10(13-7-14-11)15-18(16)9-4-2-8(12)3-5-9/h2-7H,12H2,1H3,(H,13,14,15). The second-order valence-corrected chi connectivity index (χ2v) is 4.60. The van der Waals surface area contributed by atoms with Gasteiger partial charge in [0.05, 0.1) is 12.0 Å². The van der Waals surface area contributed by atoms with E-state index in [9.17, 15) is 4.21 Å². The molecule has 2 aromatic rings. The number of ether oxygens (including phenoxy) is 1. The van der Waals surface area contributed by atoms with Gasteiger partial charge in [-0.3, -0.25) is 4.72 Å². The fourth-order valence-electron chi connectivity index (χ4n) is 1.25. The second-order valence-electron chi connectivity index (χ2n) is 3.39. The minimum Gasteiger partial charge on any atom is -0.481 e. The normalized spacial score (nSPS) is 11.8. The van der Waals surface area contributed by atoms with Crippen molar-refractivity contribution in [1.29, 1.82) is 0 Å². The van der Waals surface area contributed by atoms with E-state index in [1.165, 1.54) is 13.4 Å². The van der Waals surface area contributed by atoms with E-state index in [2.05, 4.69) is 14.7 Å². The summed E-state index contributed by atoms with van der Waals surface area (Å²) < 4.78 is 19.7. The van der Waals surface area contributed by atoms with Gasteiger partial charge in [0.25, 0.3) is 0 Å². The van der Waals surface area contributed by atoms with Crippen LogP contribution in [-0.2, 0) is 11.0 Å². The smallest absolute Gasteiger partial charge is 0.218 e. The molecule has 7 heteroatoms. The van der Waals surface area contributed by atoms with E-state index in [1.807, 2.05) is 0 Å². The third-order valence-corrected chi connectivity index (χ3v) is 3.24. The molecule has 0 radical (unpaired) electrons. The first-order valence-corrected chi connectivity index (χ1v) is 6.24. The Bertz CT molecular complexity index is 559. The largest absolute Gasteiger partial charge is 0.481 e. The molecule has 0 bridgehead atoms. The van der Waals surface area contributed by atoms with E-state index < -0.39 is 11.0 Å². The van der Waals surface area contributed by atoms with Gasteiger partial charge in [-0.1, -0.05) is 0 Å². The van der Waals surface area contributed by atoms with Gasteiger partial charge in [-0.15, -0.1) is 0 Å². The predicted molar refractivity (Wildman–Crippen MR) is 69.5 cm³/mol. The summed E-state index contributed by atoms with van der Waals surface area (Å²) in [4.78, 5) is 8.42. The van der Waals surface area contributed by atoms with Gasteiger partial charge in [0.1, 0.15) is 12.1 Å². The number of nitrogens with zero attached hydrogens (tertiary/aromatic N) is 2. The molecule has 0 saturated carbocycles. The molecule has 6 nitrogen and oxygen atoms in total. The highest BCUT2D eigenvalue weighted by Crippen LogP contribution is 2.14. The summed E-state index contributed by atoms with van der Waals surface area (Å²) >= 11 is 0. The molecule has 0 saturated heterocycles. The minimum atomic E-state index is -1.40. The number of hydrogen-bond donors (Lipinski definition) is 2. The van der Waals surface area contributed by atoms with E-state index in [-0.39, 0.29) is 0 Å². The quantitative estimate of drug-likeness (QED) is 0.810. The first kappa shape index (κ1) is 12.3. The van der Waals surface area contributed by atoms with Crippen LogP contribution in [0.15, 0.2) is 41.6 Å². The lowest BCUT2D eigenvalue weighted by atomic mass is 10.3. The molecular formula is C11H12N4O2S. The second kappa shape index (κ2) is 5.46. The fraction of sp³-hybridized carbons (Fsp3) is 0.0909. The Hall–Kier alpha value is -2.15. The third kappa shape index (κ3) is 2.95. The lowest BCUT2D eigenvalue weighted by molar-refractivity contribution is 0.397. The Morgan fingerprint density at radius 2 is 2.00 bits per heavy atom. The van der Waals surface area contributed by atoms with Crippen molar-refractivity contribution in [3.05, 3.63) is 36.7 Å². The van der Waals surface area contributed by atoms with Crippen molar-refractivity contribution < 1.29 is 8.95 Å². The Balaban J connectivity index is 2.13. The molecule has 3 N–H and O–H groups in total. The highest BCUT2D eigenvalue weighted by atomic mass is 32.2. The molecule has 18 heavy (non-hydrogen) atoms. The number of hydrogen-bond acceptors (Lipinski definition) is 5. The zero-order chi connectivity index (χ0) is 13.0. The lowest BCUT2D eigenvalue weighted by Crippen LogP contribution is -2.06. The van der Waals surface area contributed by atoms with Crippen molar-refractivity contribution in [2.75, 3.05) is 17.6 Å². The molecule has 0 aliphatic heterocycles. The molecular weight excluding hydrogens is 252 g/mol. The van der Waals surface area contributed by atoms with Gasteiger partial charge >= 0.3 is 0 Å². The van der Waals surface area contributed by atoms with Gasteiger partial charge in [-0.2, -0.15) is 0 Å². The molecule has 1 heterocycles. The molecule has 0 aliphatic rings. The van der Waals surface area contributed by atoms with Gasteiger partial charge < -0.3 is 10.5 Å². The molecule has 0 spiro atoms. The zero-order valence-corrected chi connectivity index (χ0v) is 10.5. The van der Waals surface area contributed by atoms with Crippen LogP contribution in [0, 0.1) is 0 Å². The van der Waals surface area contributed by atoms with Crippen molar-refractivity contribution in [1.82, 2.24) is 9.97 Å². The van der Waals surface area contributed by atoms with Gasteiger partial charge in [-0.05, 0) is 24.3 Å². The summed E-state index contributed by atoms with van der Waals surface area (Å²) in [6.45, 7) is 0. The van der Waals surface area contributed by atoms with Crippen molar-refractivity contribution in [2.24, 2.45) is 0 Å². The van der Waals surface area contributed by atoms with Crippen LogP contribution >= 0.6 is 0 Å². The number of aromatic nitrogens is 2. The van der Waals surface area contributed by atoms with Gasteiger partial charge in [-0.25, -0.2) is 14.2 Å². The Morgan fingerprint density at radius 1 is 1.28 bits per heavy atom. The first-order chi connectivity index (χ1) is 8.69. The maximum Gasteiger partial charge on any atom is 0.218 e. The molecule has 1 aromatic heterocycles. The number of nitrogens with one attached hydrogen (secondary N) is 1. The fourth-order valence-corrected chi connectivity index (χ4v) is 2.05. The highest BCUT2D eigenvalue weighted by Gasteiger charge is 2.05. The number of nitrogens with two attached hydrogens (primary N) is 1. The number of methoxy groups -OCH3 is 1. The number of anilines is 2. The maximum atomic E-state index is 12.0. The molecule has 94 valence electrons. The van der Waals surface area contributed by atoms with E-state index >= 15 is 0 Å². The Kier molecular flexibility index (Phi) is 3.73. The van der Waals surface area contributed by atoms with E-state index in [0.717, 1.165) is 0 Å². The molecule has 0 fully saturated rings. The van der Waals surface area contributed by atoms with Crippen LogP contribution in [0.4, 0.5) is 11.5 Å². The summed E-state index contributed by atoms with van der Waals surface area (Å²) in [5.41, 5.74) is 6.19. The van der Waals surface area contributed by atoms with Crippen LogP contribution in [0.5, 0.6) is 5.88 Å². The highest BCUT2D eigenvalue weighted by molar-refractivity contribution is 7.86. The molecule has 1 unspecified atom stereocenters. The van der Waals surface area contributed by atoms with Crippen LogP contribution < -0.4 is 15.2 Å². The monoisotopic (exact) mass is 264 g/mol. The lowest BCUT2D eigenvalue weighted by Gasteiger charge is -2.06. The molecule has 0 aliphatic carbocycles. The van der Waals surface area contributed by atoms with Gasteiger partial charge in [0, 0.05) is 11.8 Å². The van der Waals surface area contributed by atoms with E-state index in [1.54, 1.807) is 30.3 Å². The average Bonchev–Trinajstić information content (AvgIpc) is 2.39. The van der Waals surface area contributed by atoms with Crippen molar-refractivity contribution in [3.8, 4) is 5.88 Å². The van der Waals surface area contributed by atoms with E-state index in [4.69, 9.17) is 10.5 Å².